The van der Waals surface area contributed by atoms with E-state index in [0.717, 1.165) is 5.56 Å². The Morgan fingerprint density at radius 1 is 1.05 bits per heavy atom. The van der Waals surface area contributed by atoms with Crippen LogP contribution in [0, 0.1) is 0 Å². The molecule has 0 aromatic heterocycles. The zero-order valence-corrected chi connectivity index (χ0v) is 12.9. The van der Waals surface area contributed by atoms with E-state index in [2.05, 4.69) is 9.47 Å². The number of rotatable bonds is 10. The highest BCUT2D eigenvalue weighted by Crippen LogP contribution is 2.10. The van der Waals surface area contributed by atoms with E-state index in [0.29, 0.717) is 13.0 Å². The molecule has 1 aromatic rings. The molecule has 1 rings (SSSR count). The van der Waals surface area contributed by atoms with Crippen molar-refractivity contribution in [3.05, 3.63) is 35.9 Å². The predicted octanol–water partition coefficient (Wildman–Crippen LogP) is 2.06. The lowest BCUT2D eigenvalue weighted by atomic mass is 10.1. The number of methoxy groups -OCH3 is 2. The summed E-state index contributed by atoms with van der Waals surface area (Å²) < 4.78 is 20.1. The van der Waals surface area contributed by atoms with E-state index in [4.69, 9.17) is 9.47 Å². The fraction of sp³-hybridized carbons (Fsp3) is 0.500. The number of ether oxygens (including phenoxy) is 4. The molecule has 22 heavy (non-hydrogen) atoms. The minimum Gasteiger partial charge on any atom is -0.469 e. The quantitative estimate of drug-likeness (QED) is 0.374. The summed E-state index contributed by atoms with van der Waals surface area (Å²) in [4.78, 5) is 22.5. The number of hydrogen-bond acceptors (Lipinski definition) is 6. The van der Waals surface area contributed by atoms with Crippen LogP contribution in [0.25, 0.3) is 0 Å². The molecule has 0 aliphatic rings. The maximum absolute atomic E-state index is 11.3. The first kappa shape index (κ1) is 18.1. The first-order chi connectivity index (χ1) is 10.7. The summed E-state index contributed by atoms with van der Waals surface area (Å²) in [5, 5.41) is 0. The van der Waals surface area contributed by atoms with Crippen LogP contribution in [0.5, 0.6) is 0 Å². The van der Waals surface area contributed by atoms with Crippen molar-refractivity contribution in [2.45, 2.75) is 32.0 Å². The van der Waals surface area contributed by atoms with Gasteiger partial charge in [-0.3, -0.25) is 9.59 Å². The third kappa shape index (κ3) is 7.75. The highest BCUT2D eigenvalue weighted by molar-refractivity contribution is 5.71. The number of esters is 2. The van der Waals surface area contributed by atoms with Gasteiger partial charge < -0.3 is 18.9 Å². The lowest BCUT2D eigenvalue weighted by molar-refractivity contribution is -0.151. The molecule has 0 heterocycles. The van der Waals surface area contributed by atoms with Gasteiger partial charge in [-0.25, -0.2) is 0 Å². The molecule has 0 saturated carbocycles. The van der Waals surface area contributed by atoms with Crippen LogP contribution in [0.15, 0.2) is 30.3 Å². The van der Waals surface area contributed by atoms with E-state index in [9.17, 15) is 9.59 Å². The number of benzene rings is 1. The summed E-state index contributed by atoms with van der Waals surface area (Å²) in [6.07, 6.45) is 0.178. The Hall–Kier alpha value is -1.92. The van der Waals surface area contributed by atoms with Crippen LogP contribution in [0.2, 0.25) is 0 Å². The van der Waals surface area contributed by atoms with Crippen molar-refractivity contribution in [2.75, 3.05) is 21.0 Å². The zero-order valence-electron chi connectivity index (χ0n) is 12.9. The van der Waals surface area contributed by atoms with E-state index in [1.54, 1.807) is 0 Å². The Balaban J connectivity index is 2.32. The standard InChI is InChI=1S/C16H22O6/c1-19-15(17)9-8-14(10-16(18)20-2)22-12-21-11-13-6-4-3-5-7-13/h3-7,14H,8-12H2,1-2H3/t14-/m0/s1. The van der Waals surface area contributed by atoms with Crippen LogP contribution >= 0.6 is 0 Å². The molecular formula is C16H22O6. The first-order valence-corrected chi connectivity index (χ1v) is 7.02. The van der Waals surface area contributed by atoms with Gasteiger partial charge in [0.25, 0.3) is 0 Å². The highest BCUT2D eigenvalue weighted by Gasteiger charge is 2.17. The van der Waals surface area contributed by atoms with Gasteiger partial charge >= 0.3 is 11.9 Å². The number of carbonyl (C=O) groups excluding carboxylic acids is 2. The number of carbonyl (C=O) groups is 2. The normalized spacial score (nSPS) is 11.7. The van der Waals surface area contributed by atoms with E-state index >= 15 is 0 Å². The van der Waals surface area contributed by atoms with E-state index in [-0.39, 0.29) is 25.6 Å². The topological polar surface area (TPSA) is 71.1 Å². The molecule has 0 saturated heterocycles. The van der Waals surface area contributed by atoms with Gasteiger partial charge in [-0.1, -0.05) is 30.3 Å². The molecule has 1 aromatic carbocycles. The molecule has 1 atom stereocenters. The summed E-state index contributed by atoms with van der Waals surface area (Å²) in [7, 11) is 2.63. The van der Waals surface area contributed by atoms with Gasteiger partial charge in [0.15, 0.2) is 0 Å². The third-order valence-electron chi connectivity index (χ3n) is 3.02. The average Bonchev–Trinajstić information content (AvgIpc) is 2.56. The molecule has 122 valence electrons. The van der Waals surface area contributed by atoms with Crippen molar-refractivity contribution in [3.63, 3.8) is 0 Å². The third-order valence-corrected chi connectivity index (χ3v) is 3.02. The largest absolute Gasteiger partial charge is 0.469 e. The Bertz CT molecular complexity index is 445. The van der Waals surface area contributed by atoms with Gasteiger partial charge in [0, 0.05) is 6.42 Å². The maximum Gasteiger partial charge on any atom is 0.308 e. The van der Waals surface area contributed by atoms with Crippen LogP contribution < -0.4 is 0 Å². The van der Waals surface area contributed by atoms with Crippen molar-refractivity contribution >= 4 is 11.9 Å². The molecule has 0 amide bonds. The molecule has 6 heteroatoms. The van der Waals surface area contributed by atoms with Gasteiger partial charge in [-0.2, -0.15) is 0 Å². The lowest BCUT2D eigenvalue weighted by Gasteiger charge is -2.16. The van der Waals surface area contributed by atoms with Crippen molar-refractivity contribution in [3.8, 4) is 0 Å². The molecule has 0 spiro atoms. The van der Waals surface area contributed by atoms with E-state index in [1.165, 1.54) is 14.2 Å². The zero-order chi connectivity index (χ0) is 16.2. The molecule has 0 unspecified atom stereocenters. The Kier molecular flexibility index (Phi) is 8.86. The second-order valence-electron chi connectivity index (χ2n) is 4.64. The Labute approximate surface area is 130 Å². The Morgan fingerprint density at radius 3 is 2.36 bits per heavy atom. The highest BCUT2D eigenvalue weighted by atomic mass is 16.7. The van der Waals surface area contributed by atoms with Gasteiger partial charge in [-0.15, -0.1) is 0 Å². The molecule has 0 aliphatic carbocycles. The summed E-state index contributed by atoms with van der Waals surface area (Å²) in [5.41, 5.74) is 1.03. The van der Waals surface area contributed by atoms with Crippen molar-refractivity contribution < 1.29 is 28.5 Å². The van der Waals surface area contributed by atoms with Gasteiger partial charge in [-0.05, 0) is 12.0 Å². The molecule has 6 nitrogen and oxygen atoms in total. The van der Waals surface area contributed by atoms with Crippen LogP contribution in [0.3, 0.4) is 0 Å². The van der Waals surface area contributed by atoms with Crippen LogP contribution in [0.4, 0.5) is 0 Å². The molecule has 0 N–H and O–H groups in total. The van der Waals surface area contributed by atoms with Gasteiger partial charge in [0.2, 0.25) is 0 Å². The summed E-state index contributed by atoms with van der Waals surface area (Å²) >= 11 is 0. The Morgan fingerprint density at radius 2 is 1.73 bits per heavy atom. The van der Waals surface area contributed by atoms with E-state index in [1.807, 2.05) is 30.3 Å². The summed E-state index contributed by atoms with van der Waals surface area (Å²) in [5.74, 6) is -0.735. The van der Waals surface area contributed by atoms with Crippen molar-refractivity contribution in [1.82, 2.24) is 0 Å². The van der Waals surface area contributed by atoms with Crippen molar-refractivity contribution in [2.24, 2.45) is 0 Å². The predicted molar refractivity (Wildman–Crippen MR) is 78.9 cm³/mol. The van der Waals surface area contributed by atoms with Gasteiger partial charge in [0.05, 0.1) is 33.4 Å². The van der Waals surface area contributed by atoms with E-state index < -0.39 is 12.1 Å². The molecular weight excluding hydrogens is 288 g/mol. The smallest absolute Gasteiger partial charge is 0.308 e. The second-order valence-corrected chi connectivity index (χ2v) is 4.64. The fourth-order valence-electron chi connectivity index (χ4n) is 1.77. The lowest BCUT2D eigenvalue weighted by Crippen LogP contribution is -2.21. The SMILES string of the molecule is COC(=O)CC[C@@H](CC(=O)OC)OCOCc1ccccc1. The molecule has 0 bridgehead atoms. The minimum atomic E-state index is -0.442. The molecule has 0 radical (unpaired) electrons. The van der Waals surface area contributed by atoms with Crippen LogP contribution in [0.1, 0.15) is 24.8 Å². The summed E-state index contributed by atoms with van der Waals surface area (Å²) in [6, 6.07) is 9.68. The fourth-order valence-corrected chi connectivity index (χ4v) is 1.77. The average molecular weight is 310 g/mol. The second kappa shape index (κ2) is 10.8. The van der Waals surface area contributed by atoms with Crippen LogP contribution in [-0.4, -0.2) is 39.1 Å². The minimum absolute atomic E-state index is 0.0394. The number of hydrogen-bond donors (Lipinski definition) is 0. The summed E-state index contributed by atoms with van der Waals surface area (Å²) in [6.45, 7) is 0.459. The molecule has 0 fully saturated rings. The van der Waals surface area contributed by atoms with Crippen molar-refractivity contribution in [1.29, 1.82) is 0 Å². The van der Waals surface area contributed by atoms with Crippen LogP contribution in [-0.2, 0) is 35.1 Å². The van der Waals surface area contributed by atoms with Gasteiger partial charge in [0.1, 0.15) is 6.79 Å². The monoisotopic (exact) mass is 310 g/mol. The molecule has 0 aliphatic heterocycles. The first-order valence-electron chi connectivity index (χ1n) is 7.02. The maximum atomic E-state index is 11.3.